The van der Waals surface area contributed by atoms with Crippen LogP contribution >= 0.6 is 0 Å². The van der Waals surface area contributed by atoms with Crippen LogP contribution in [0.5, 0.6) is 0 Å². The molecule has 0 radical (unpaired) electrons. The topological polar surface area (TPSA) is 52.8 Å². The minimum absolute atomic E-state index is 0.282. The van der Waals surface area contributed by atoms with E-state index in [0.29, 0.717) is 11.5 Å². The van der Waals surface area contributed by atoms with Crippen molar-refractivity contribution in [3.05, 3.63) is 52.0 Å². The van der Waals surface area contributed by atoms with Gasteiger partial charge < -0.3 is 4.90 Å². The molecule has 0 amide bonds. The standard InChI is InChI=1S/C29H38N4/c1-5-26-31-25-18-28(4,13-9-21(3)22-8-7-20(2)23(17-22)19-30)14-10-24(25)27(32-26)33-16-15-29(33)11-6-12-29/h7-8,17,21H,5-6,9-16,18H2,1-4H3. The second kappa shape index (κ2) is 8.42. The lowest BCUT2D eigenvalue weighted by atomic mass is 9.67. The SMILES string of the molecule is CCc1nc2c(c(N3CCC34CCC4)n1)CCC(C)(CCC(C)c1ccc(C)c(C#N)c1)C2. The van der Waals surface area contributed by atoms with Gasteiger partial charge in [0.1, 0.15) is 11.6 Å². The van der Waals surface area contributed by atoms with Gasteiger partial charge in [0.25, 0.3) is 0 Å². The van der Waals surface area contributed by atoms with E-state index in [1.54, 1.807) is 0 Å². The molecule has 1 saturated heterocycles. The highest BCUT2D eigenvalue weighted by molar-refractivity contribution is 5.56. The maximum absolute atomic E-state index is 9.40. The van der Waals surface area contributed by atoms with Crippen molar-refractivity contribution in [3.8, 4) is 6.07 Å². The molecule has 1 saturated carbocycles. The number of rotatable bonds is 6. The van der Waals surface area contributed by atoms with Gasteiger partial charge in [-0.05, 0) is 93.2 Å². The molecular weight excluding hydrogens is 404 g/mol. The van der Waals surface area contributed by atoms with E-state index >= 15 is 0 Å². The van der Waals surface area contributed by atoms with Gasteiger partial charge in [0, 0.05) is 29.8 Å². The third kappa shape index (κ3) is 3.94. The second-order valence-electron chi connectivity index (χ2n) is 11.3. The minimum Gasteiger partial charge on any atom is -0.350 e. The molecule has 2 aliphatic carbocycles. The molecule has 3 aliphatic rings. The molecule has 1 aromatic heterocycles. The lowest BCUT2D eigenvalue weighted by molar-refractivity contribution is 0.149. The number of hydrogen-bond donors (Lipinski definition) is 0. The number of benzene rings is 1. The van der Waals surface area contributed by atoms with Crippen LogP contribution in [0.2, 0.25) is 0 Å². The van der Waals surface area contributed by atoms with E-state index < -0.39 is 0 Å². The molecular formula is C29H38N4. The molecule has 2 atom stereocenters. The van der Waals surface area contributed by atoms with E-state index in [-0.39, 0.29) is 5.41 Å². The molecule has 2 heterocycles. The molecule has 2 unspecified atom stereocenters. The molecule has 1 aromatic carbocycles. The van der Waals surface area contributed by atoms with Crippen molar-refractivity contribution < 1.29 is 0 Å². The van der Waals surface area contributed by atoms with Crippen LogP contribution in [0.15, 0.2) is 18.2 Å². The first-order chi connectivity index (χ1) is 15.9. The lowest BCUT2D eigenvalue weighted by Gasteiger charge is -2.60. The average molecular weight is 443 g/mol. The number of anilines is 1. The van der Waals surface area contributed by atoms with Gasteiger partial charge in [-0.15, -0.1) is 0 Å². The summed E-state index contributed by atoms with van der Waals surface area (Å²) in [5.74, 6) is 2.76. The Morgan fingerprint density at radius 2 is 2.00 bits per heavy atom. The zero-order chi connectivity index (χ0) is 23.2. The quantitative estimate of drug-likeness (QED) is 0.517. The maximum Gasteiger partial charge on any atom is 0.136 e. The van der Waals surface area contributed by atoms with Crippen molar-refractivity contribution >= 4 is 5.82 Å². The summed E-state index contributed by atoms with van der Waals surface area (Å²) in [4.78, 5) is 12.8. The molecule has 2 aromatic rings. The Bertz CT molecular complexity index is 1090. The van der Waals surface area contributed by atoms with Gasteiger partial charge in [-0.3, -0.25) is 0 Å². The Kier molecular flexibility index (Phi) is 5.71. The molecule has 1 spiro atoms. The minimum atomic E-state index is 0.282. The van der Waals surface area contributed by atoms with E-state index in [2.05, 4.69) is 49.9 Å². The van der Waals surface area contributed by atoms with E-state index in [1.807, 2.05) is 6.92 Å². The number of nitriles is 1. The van der Waals surface area contributed by atoms with Crippen LogP contribution in [0.3, 0.4) is 0 Å². The first-order valence-electron chi connectivity index (χ1n) is 13.0. The molecule has 33 heavy (non-hydrogen) atoms. The van der Waals surface area contributed by atoms with Crippen LogP contribution in [0.1, 0.15) is 105 Å². The molecule has 0 N–H and O–H groups in total. The monoisotopic (exact) mass is 442 g/mol. The number of aryl methyl sites for hydroxylation is 2. The summed E-state index contributed by atoms with van der Waals surface area (Å²) >= 11 is 0. The van der Waals surface area contributed by atoms with E-state index in [4.69, 9.17) is 9.97 Å². The van der Waals surface area contributed by atoms with Crippen molar-refractivity contribution in [1.29, 1.82) is 5.26 Å². The van der Waals surface area contributed by atoms with Gasteiger partial charge in [-0.1, -0.05) is 32.9 Å². The Labute approximate surface area is 199 Å². The summed E-state index contributed by atoms with van der Waals surface area (Å²) in [5.41, 5.74) is 6.64. The summed E-state index contributed by atoms with van der Waals surface area (Å²) < 4.78 is 0. The van der Waals surface area contributed by atoms with Crippen LogP contribution in [-0.4, -0.2) is 22.1 Å². The average Bonchev–Trinajstić information content (AvgIpc) is 2.75. The van der Waals surface area contributed by atoms with Gasteiger partial charge in [0.2, 0.25) is 0 Å². The smallest absolute Gasteiger partial charge is 0.136 e. The Morgan fingerprint density at radius 3 is 2.64 bits per heavy atom. The molecule has 4 heteroatoms. The van der Waals surface area contributed by atoms with Crippen molar-refractivity contribution in [2.24, 2.45) is 5.41 Å². The third-order valence-corrected chi connectivity index (χ3v) is 9.05. The molecule has 0 bridgehead atoms. The summed E-state index contributed by atoms with van der Waals surface area (Å²) in [6.45, 7) is 10.1. The molecule has 174 valence electrons. The fraction of sp³-hybridized carbons (Fsp3) is 0.621. The first kappa shape index (κ1) is 22.4. The molecule has 4 nitrogen and oxygen atoms in total. The highest BCUT2D eigenvalue weighted by atomic mass is 15.3. The van der Waals surface area contributed by atoms with Crippen LogP contribution in [-0.2, 0) is 19.3 Å². The van der Waals surface area contributed by atoms with Crippen molar-refractivity contribution in [2.75, 3.05) is 11.4 Å². The van der Waals surface area contributed by atoms with Crippen LogP contribution in [0.4, 0.5) is 5.82 Å². The van der Waals surface area contributed by atoms with E-state index in [1.165, 1.54) is 67.7 Å². The predicted molar refractivity (Wildman–Crippen MR) is 134 cm³/mol. The lowest BCUT2D eigenvalue weighted by Crippen LogP contribution is -2.64. The van der Waals surface area contributed by atoms with Crippen molar-refractivity contribution in [3.63, 3.8) is 0 Å². The largest absolute Gasteiger partial charge is 0.350 e. The highest BCUT2D eigenvalue weighted by Gasteiger charge is 2.50. The fourth-order valence-electron chi connectivity index (χ4n) is 6.26. The summed E-state index contributed by atoms with van der Waals surface area (Å²) in [6, 6.07) is 8.74. The Morgan fingerprint density at radius 1 is 1.18 bits per heavy atom. The molecule has 5 rings (SSSR count). The van der Waals surface area contributed by atoms with Gasteiger partial charge >= 0.3 is 0 Å². The zero-order valence-corrected chi connectivity index (χ0v) is 20.9. The van der Waals surface area contributed by atoms with Crippen molar-refractivity contribution in [2.45, 2.75) is 103 Å². The van der Waals surface area contributed by atoms with Gasteiger partial charge in [-0.2, -0.15) is 5.26 Å². The fourth-order valence-corrected chi connectivity index (χ4v) is 6.26. The summed E-state index contributed by atoms with van der Waals surface area (Å²) in [7, 11) is 0. The maximum atomic E-state index is 9.40. The van der Waals surface area contributed by atoms with Gasteiger partial charge in [-0.25, -0.2) is 9.97 Å². The normalized spacial score (nSPS) is 23.9. The number of hydrogen-bond acceptors (Lipinski definition) is 4. The van der Waals surface area contributed by atoms with E-state index in [0.717, 1.165) is 42.6 Å². The van der Waals surface area contributed by atoms with E-state index in [9.17, 15) is 5.26 Å². The van der Waals surface area contributed by atoms with Crippen LogP contribution in [0.25, 0.3) is 0 Å². The number of fused-ring (bicyclic) bond motifs is 1. The number of aromatic nitrogens is 2. The predicted octanol–water partition coefficient (Wildman–Crippen LogP) is 6.43. The van der Waals surface area contributed by atoms with Crippen LogP contribution < -0.4 is 4.90 Å². The second-order valence-corrected chi connectivity index (χ2v) is 11.3. The zero-order valence-electron chi connectivity index (χ0n) is 20.9. The molecule has 1 aliphatic heterocycles. The first-order valence-corrected chi connectivity index (χ1v) is 13.0. The van der Waals surface area contributed by atoms with Crippen LogP contribution in [0, 0.1) is 23.7 Å². The highest BCUT2D eigenvalue weighted by Crippen LogP contribution is 2.51. The third-order valence-electron chi connectivity index (χ3n) is 9.05. The Balaban J connectivity index is 1.33. The van der Waals surface area contributed by atoms with Crippen molar-refractivity contribution in [1.82, 2.24) is 9.97 Å². The Hall–Kier alpha value is -2.41. The summed E-state index contributed by atoms with van der Waals surface area (Å²) in [6.07, 6.45) is 12.0. The molecule has 2 fully saturated rings. The van der Waals surface area contributed by atoms with Gasteiger partial charge in [0.05, 0.1) is 11.6 Å². The number of nitrogens with zero attached hydrogens (tertiary/aromatic N) is 4. The summed E-state index contributed by atoms with van der Waals surface area (Å²) in [5, 5.41) is 9.40. The van der Waals surface area contributed by atoms with Gasteiger partial charge in [0.15, 0.2) is 0 Å².